The predicted octanol–water partition coefficient (Wildman–Crippen LogP) is 1.88. The fraction of sp³-hybridized carbons (Fsp3) is 0.0667. The monoisotopic (exact) mass is 268 g/mol. The van der Waals surface area contributed by atoms with Crippen LogP contribution in [0.5, 0.6) is 0 Å². The topological polar surface area (TPSA) is 72.6 Å². The van der Waals surface area contributed by atoms with Gasteiger partial charge in [0.2, 0.25) is 0 Å². The van der Waals surface area contributed by atoms with Crippen LogP contribution in [0.1, 0.15) is 26.3 Å². The molecule has 0 atom stereocenters. The van der Waals surface area contributed by atoms with Gasteiger partial charge in [0.15, 0.2) is 0 Å². The summed E-state index contributed by atoms with van der Waals surface area (Å²) in [5.74, 6) is 4.76. The van der Waals surface area contributed by atoms with Crippen molar-refractivity contribution in [1.29, 1.82) is 0 Å². The first-order valence-electron chi connectivity index (χ1n) is 6.12. The first-order valence-corrected chi connectivity index (χ1v) is 6.12. The lowest BCUT2D eigenvalue weighted by atomic mass is 10.1. The Hall–Kier alpha value is -2.66. The van der Waals surface area contributed by atoms with E-state index in [0.29, 0.717) is 12.2 Å². The number of hydrogen-bond acceptors (Lipinski definition) is 5. The molecule has 0 saturated carbocycles. The molecule has 3 rings (SSSR count). The Balaban J connectivity index is 1.86. The molecule has 0 aromatic heterocycles. The minimum atomic E-state index is -0.625. The Morgan fingerprint density at radius 1 is 0.950 bits per heavy atom. The van der Waals surface area contributed by atoms with E-state index in [0.717, 1.165) is 5.56 Å². The Bertz CT molecular complexity index is 683. The molecule has 0 fully saturated rings. The van der Waals surface area contributed by atoms with E-state index in [1.54, 1.807) is 18.2 Å². The van der Waals surface area contributed by atoms with Crippen LogP contribution in [0.2, 0.25) is 0 Å². The summed E-state index contributed by atoms with van der Waals surface area (Å²) in [6.07, 6.45) is 0. The zero-order valence-corrected chi connectivity index (χ0v) is 10.6. The number of carbonyl (C=O) groups is 2. The summed E-state index contributed by atoms with van der Waals surface area (Å²) >= 11 is 0. The van der Waals surface area contributed by atoms with Crippen molar-refractivity contribution < 1.29 is 14.3 Å². The third-order valence-corrected chi connectivity index (χ3v) is 3.16. The summed E-state index contributed by atoms with van der Waals surface area (Å²) in [5, 5.41) is 1.52. The van der Waals surface area contributed by atoms with Crippen molar-refractivity contribution in [2.75, 3.05) is 5.01 Å². The second-order valence-electron chi connectivity index (χ2n) is 4.52. The van der Waals surface area contributed by atoms with Crippen molar-refractivity contribution in [1.82, 2.24) is 0 Å². The molecule has 2 N–H and O–H groups in total. The Kier molecular flexibility index (Phi) is 2.96. The number of benzene rings is 2. The Morgan fingerprint density at radius 3 is 2.40 bits per heavy atom. The average molecular weight is 268 g/mol. The van der Waals surface area contributed by atoms with Gasteiger partial charge in [-0.3, -0.25) is 0 Å². The quantitative estimate of drug-likeness (QED) is 0.398. The lowest BCUT2D eigenvalue weighted by Crippen LogP contribution is -2.30. The van der Waals surface area contributed by atoms with Crippen LogP contribution < -0.4 is 10.9 Å². The van der Waals surface area contributed by atoms with Gasteiger partial charge in [-0.1, -0.05) is 30.3 Å². The molecule has 1 aliphatic heterocycles. The van der Waals surface area contributed by atoms with Crippen LogP contribution in [0.3, 0.4) is 0 Å². The molecule has 2 aromatic rings. The molecule has 5 nitrogen and oxygen atoms in total. The summed E-state index contributed by atoms with van der Waals surface area (Å²) in [4.78, 5) is 22.9. The number of nitrogens with zero attached hydrogens (tertiary/aromatic N) is 1. The van der Waals surface area contributed by atoms with E-state index in [2.05, 4.69) is 4.74 Å². The molecule has 1 aliphatic rings. The molecular formula is C15H12N2O3. The molecular weight excluding hydrogens is 256 g/mol. The Morgan fingerprint density at radius 2 is 1.65 bits per heavy atom. The summed E-state index contributed by atoms with van der Waals surface area (Å²) in [6, 6.07) is 14.6. The number of rotatable bonds is 3. The molecule has 5 heteroatoms. The van der Waals surface area contributed by atoms with Gasteiger partial charge in [-0.25, -0.2) is 15.4 Å². The molecule has 20 heavy (non-hydrogen) atoms. The molecule has 0 radical (unpaired) electrons. The molecule has 0 aliphatic carbocycles. The summed E-state index contributed by atoms with van der Waals surface area (Å²) in [6.45, 7) is 0.503. The largest absolute Gasteiger partial charge is 0.386 e. The fourth-order valence-corrected chi connectivity index (χ4v) is 2.12. The number of anilines is 1. The maximum absolute atomic E-state index is 11.5. The highest BCUT2D eigenvalue weighted by Crippen LogP contribution is 2.25. The van der Waals surface area contributed by atoms with E-state index in [9.17, 15) is 9.59 Å². The number of esters is 2. The molecule has 0 saturated heterocycles. The first-order chi connectivity index (χ1) is 9.65. The molecule has 0 amide bonds. The number of ether oxygens (including phenoxy) is 1. The van der Waals surface area contributed by atoms with Crippen molar-refractivity contribution in [3.8, 4) is 0 Å². The van der Waals surface area contributed by atoms with E-state index >= 15 is 0 Å². The summed E-state index contributed by atoms with van der Waals surface area (Å²) in [5.41, 5.74) is 2.25. The number of nitrogens with two attached hydrogens (primary N) is 1. The smallest absolute Gasteiger partial charge is 0.346 e. The number of hydrazine groups is 1. The zero-order valence-electron chi connectivity index (χ0n) is 10.6. The number of hydrogen-bond donors (Lipinski definition) is 1. The highest BCUT2D eigenvalue weighted by atomic mass is 16.6. The normalized spacial score (nSPS) is 13.1. The van der Waals surface area contributed by atoms with Crippen LogP contribution in [-0.2, 0) is 11.3 Å². The number of carbonyl (C=O) groups excluding carboxylic acids is 2. The standard InChI is InChI=1S/C15H12N2O3/c16-17(9-10-4-2-1-3-5-10)11-6-7-12-13(8-11)15(19)20-14(12)18/h1-8H,9,16H2. The van der Waals surface area contributed by atoms with Crippen LogP contribution in [0, 0.1) is 0 Å². The van der Waals surface area contributed by atoms with Crippen LogP contribution in [-0.4, -0.2) is 11.9 Å². The maximum atomic E-state index is 11.5. The van der Waals surface area contributed by atoms with Crippen molar-refractivity contribution in [3.05, 3.63) is 65.2 Å². The van der Waals surface area contributed by atoms with Gasteiger partial charge in [0, 0.05) is 0 Å². The second-order valence-corrected chi connectivity index (χ2v) is 4.52. The third kappa shape index (κ3) is 2.15. The molecule has 0 spiro atoms. The zero-order chi connectivity index (χ0) is 14.1. The lowest BCUT2D eigenvalue weighted by Gasteiger charge is -2.19. The predicted molar refractivity (Wildman–Crippen MR) is 73.0 cm³/mol. The number of fused-ring (bicyclic) bond motifs is 1. The third-order valence-electron chi connectivity index (χ3n) is 3.16. The van der Waals surface area contributed by atoms with Gasteiger partial charge in [0.25, 0.3) is 0 Å². The summed E-state index contributed by atoms with van der Waals surface area (Å²) < 4.78 is 4.55. The Labute approximate surface area is 115 Å². The van der Waals surface area contributed by atoms with Crippen molar-refractivity contribution >= 4 is 17.6 Å². The van der Waals surface area contributed by atoms with Gasteiger partial charge in [-0.15, -0.1) is 0 Å². The SMILES string of the molecule is NN(Cc1ccccc1)c1ccc2c(c1)C(=O)OC2=O. The van der Waals surface area contributed by atoms with Crippen LogP contribution in [0.4, 0.5) is 5.69 Å². The molecule has 1 heterocycles. The summed E-state index contributed by atoms with van der Waals surface area (Å²) in [7, 11) is 0. The van der Waals surface area contributed by atoms with Crippen molar-refractivity contribution in [3.63, 3.8) is 0 Å². The van der Waals surface area contributed by atoms with Crippen LogP contribution in [0.15, 0.2) is 48.5 Å². The van der Waals surface area contributed by atoms with Gasteiger partial charge >= 0.3 is 11.9 Å². The molecule has 2 aromatic carbocycles. The van der Waals surface area contributed by atoms with Gasteiger partial charge < -0.3 is 9.75 Å². The van der Waals surface area contributed by atoms with Gasteiger partial charge in [-0.2, -0.15) is 0 Å². The second kappa shape index (κ2) is 4.79. The lowest BCUT2D eigenvalue weighted by molar-refractivity contribution is 0.0444. The first kappa shape index (κ1) is 12.4. The highest BCUT2D eigenvalue weighted by Gasteiger charge is 2.29. The molecule has 0 unspecified atom stereocenters. The van der Waals surface area contributed by atoms with Crippen LogP contribution in [0.25, 0.3) is 0 Å². The minimum Gasteiger partial charge on any atom is -0.386 e. The van der Waals surface area contributed by atoms with Gasteiger partial charge in [0.1, 0.15) is 0 Å². The van der Waals surface area contributed by atoms with Crippen molar-refractivity contribution in [2.45, 2.75) is 6.54 Å². The minimum absolute atomic E-state index is 0.260. The van der Waals surface area contributed by atoms with E-state index in [4.69, 9.17) is 5.84 Å². The van der Waals surface area contributed by atoms with Crippen molar-refractivity contribution in [2.24, 2.45) is 5.84 Å². The highest BCUT2D eigenvalue weighted by molar-refractivity contribution is 6.15. The molecule has 100 valence electrons. The van der Waals surface area contributed by atoms with E-state index in [-0.39, 0.29) is 11.1 Å². The maximum Gasteiger partial charge on any atom is 0.346 e. The van der Waals surface area contributed by atoms with Gasteiger partial charge in [-0.05, 0) is 23.8 Å². The fourth-order valence-electron chi connectivity index (χ4n) is 2.12. The van der Waals surface area contributed by atoms with E-state index in [1.807, 2.05) is 30.3 Å². The van der Waals surface area contributed by atoms with E-state index < -0.39 is 11.9 Å². The number of cyclic esters (lactones) is 2. The van der Waals surface area contributed by atoms with Crippen LogP contribution >= 0.6 is 0 Å². The van der Waals surface area contributed by atoms with Gasteiger partial charge in [0.05, 0.1) is 23.4 Å². The molecule has 0 bridgehead atoms. The van der Waals surface area contributed by atoms with E-state index in [1.165, 1.54) is 5.01 Å². The average Bonchev–Trinajstić information content (AvgIpc) is 2.75.